The van der Waals surface area contributed by atoms with E-state index in [4.69, 9.17) is 4.74 Å². The lowest BCUT2D eigenvalue weighted by atomic mass is 10.2. The van der Waals surface area contributed by atoms with Gasteiger partial charge in [-0.3, -0.25) is 9.59 Å². The second-order valence-electron chi connectivity index (χ2n) is 5.18. The van der Waals surface area contributed by atoms with Crippen LogP contribution in [0.25, 0.3) is 0 Å². The summed E-state index contributed by atoms with van der Waals surface area (Å²) in [6, 6.07) is 14.6. The van der Waals surface area contributed by atoms with E-state index in [9.17, 15) is 9.59 Å². The maximum Gasteiger partial charge on any atom is 0.226 e. The lowest BCUT2D eigenvalue weighted by Crippen LogP contribution is -2.31. The molecule has 0 spiro atoms. The molecule has 0 aliphatic carbocycles. The van der Waals surface area contributed by atoms with Crippen molar-refractivity contribution in [1.29, 1.82) is 0 Å². The minimum absolute atomic E-state index is 0.109. The number of benzene rings is 2. The molecule has 0 unspecified atom stereocenters. The zero-order valence-corrected chi connectivity index (χ0v) is 15.2. The van der Waals surface area contributed by atoms with Crippen LogP contribution >= 0.6 is 15.9 Å². The lowest BCUT2D eigenvalue weighted by Gasteiger charge is -2.21. The second-order valence-corrected chi connectivity index (χ2v) is 6.10. The lowest BCUT2D eigenvalue weighted by molar-refractivity contribution is -0.117. The molecule has 2 aromatic rings. The molecule has 2 amide bonds. The molecule has 5 nitrogen and oxygen atoms in total. The molecule has 0 aliphatic heterocycles. The Kier molecular flexibility index (Phi) is 6.37. The van der Waals surface area contributed by atoms with E-state index in [-0.39, 0.29) is 18.2 Å². The molecule has 2 rings (SSSR count). The van der Waals surface area contributed by atoms with Gasteiger partial charge in [0.1, 0.15) is 5.75 Å². The number of ether oxygens (including phenoxy) is 1. The standard InChI is InChI=1S/C18H19BrN2O3/c1-13(22)21(16-7-3-5-14(19)11-16)10-9-18(23)20-15-6-4-8-17(12-15)24-2/h3-8,11-12H,9-10H2,1-2H3,(H,20,23). The Morgan fingerprint density at radius 1 is 1.17 bits per heavy atom. The van der Waals surface area contributed by atoms with Crippen LogP contribution < -0.4 is 15.0 Å². The highest BCUT2D eigenvalue weighted by Gasteiger charge is 2.14. The van der Waals surface area contributed by atoms with Gasteiger partial charge in [-0.25, -0.2) is 0 Å². The van der Waals surface area contributed by atoms with Gasteiger partial charge in [0.2, 0.25) is 11.8 Å². The molecule has 0 bridgehead atoms. The van der Waals surface area contributed by atoms with Crippen LogP contribution in [0.1, 0.15) is 13.3 Å². The summed E-state index contributed by atoms with van der Waals surface area (Å²) in [5.41, 5.74) is 1.42. The van der Waals surface area contributed by atoms with Crippen LogP contribution in [0.5, 0.6) is 5.75 Å². The summed E-state index contributed by atoms with van der Waals surface area (Å²) in [6.45, 7) is 1.79. The molecule has 0 heterocycles. The number of methoxy groups -OCH3 is 1. The number of hydrogen-bond donors (Lipinski definition) is 1. The molecule has 0 radical (unpaired) electrons. The van der Waals surface area contributed by atoms with Crippen molar-refractivity contribution in [2.45, 2.75) is 13.3 Å². The van der Waals surface area contributed by atoms with Crippen LogP contribution in [-0.2, 0) is 9.59 Å². The first-order valence-corrected chi connectivity index (χ1v) is 8.26. The van der Waals surface area contributed by atoms with Crippen molar-refractivity contribution in [2.24, 2.45) is 0 Å². The third-order valence-electron chi connectivity index (χ3n) is 3.42. The topological polar surface area (TPSA) is 58.6 Å². The van der Waals surface area contributed by atoms with Crippen LogP contribution in [0, 0.1) is 0 Å². The van der Waals surface area contributed by atoms with Gasteiger partial charge in [-0.15, -0.1) is 0 Å². The van der Waals surface area contributed by atoms with E-state index in [1.165, 1.54) is 6.92 Å². The first-order valence-electron chi connectivity index (χ1n) is 7.47. The Hall–Kier alpha value is -2.34. The number of hydrogen-bond acceptors (Lipinski definition) is 3. The molecule has 0 aromatic heterocycles. The molecule has 24 heavy (non-hydrogen) atoms. The SMILES string of the molecule is COc1cccc(NC(=O)CCN(C(C)=O)c2cccc(Br)c2)c1. The van der Waals surface area contributed by atoms with Crippen LogP contribution in [0.3, 0.4) is 0 Å². The molecule has 6 heteroatoms. The van der Waals surface area contributed by atoms with Crippen molar-refractivity contribution in [3.05, 3.63) is 53.0 Å². The predicted molar refractivity (Wildman–Crippen MR) is 98.4 cm³/mol. The Morgan fingerprint density at radius 2 is 1.92 bits per heavy atom. The van der Waals surface area contributed by atoms with Gasteiger partial charge in [0.25, 0.3) is 0 Å². The van der Waals surface area contributed by atoms with E-state index in [1.807, 2.05) is 24.3 Å². The summed E-state index contributed by atoms with van der Waals surface area (Å²) in [6.07, 6.45) is 0.198. The summed E-state index contributed by atoms with van der Waals surface area (Å²) >= 11 is 3.39. The molecule has 0 saturated carbocycles. The molecule has 2 aromatic carbocycles. The van der Waals surface area contributed by atoms with Crippen molar-refractivity contribution in [3.63, 3.8) is 0 Å². The summed E-state index contributed by atoms with van der Waals surface area (Å²) in [4.78, 5) is 25.6. The number of rotatable bonds is 6. The summed E-state index contributed by atoms with van der Waals surface area (Å²) in [5, 5.41) is 2.81. The van der Waals surface area contributed by atoms with E-state index >= 15 is 0 Å². The van der Waals surface area contributed by atoms with Crippen molar-refractivity contribution >= 4 is 39.1 Å². The number of carbonyl (C=O) groups is 2. The number of amides is 2. The third-order valence-corrected chi connectivity index (χ3v) is 3.91. The maximum absolute atomic E-state index is 12.1. The molecule has 1 N–H and O–H groups in total. The first-order chi connectivity index (χ1) is 11.5. The summed E-state index contributed by atoms with van der Waals surface area (Å²) in [5.74, 6) is 0.402. The van der Waals surface area contributed by atoms with Gasteiger partial charge < -0.3 is 15.0 Å². The fourth-order valence-corrected chi connectivity index (χ4v) is 2.64. The highest BCUT2D eigenvalue weighted by Crippen LogP contribution is 2.21. The van der Waals surface area contributed by atoms with Crippen molar-refractivity contribution in [3.8, 4) is 5.75 Å². The second kappa shape index (κ2) is 8.49. The van der Waals surface area contributed by atoms with Gasteiger partial charge in [-0.1, -0.05) is 28.1 Å². The Bertz CT molecular complexity index is 734. The average molecular weight is 391 g/mol. The Morgan fingerprint density at radius 3 is 2.58 bits per heavy atom. The number of carbonyl (C=O) groups excluding carboxylic acids is 2. The van der Waals surface area contributed by atoms with E-state index in [0.29, 0.717) is 18.0 Å². The van der Waals surface area contributed by atoms with E-state index in [1.54, 1.807) is 36.3 Å². The molecular formula is C18H19BrN2O3. The molecule has 0 aliphatic rings. The minimum Gasteiger partial charge on any atom is -0.497 e. The van der Waals surface area contributed by atoms with Gasteiger partial charge in [-0.05, 0) is 30.3 Å². The number of nitrogens with zero attached hydrogens (tertiary/aromatic N) is 1. The maximum atomic E-state index is 12.1. The number of nitrogens with one attached hydrogen (secondary N) is 1. The quantitative estimate of drug-likeness (QED) is 0.814. The smallest absolute Gasteiger partial charge is 0.226 e. The van der Waals surface area contributed by atoms with Gasteiger partial charge in [0.05, 0.1) is 7.11 Å². The van der Waals surface area contributed by atoms with Crippen molar-refractivity contribution < 1.29 is 14.3 Å². The molecule has 126 valence electrons. The molecular weight excluding hydrogens is 372 g/mol. The predicted octanol–water partition coefficient (Wildman–Crippen LogP) is 3.84. The molecule has 0 fully saturated rings. The van der Waals surface area contributed by atoms with Crippen molar-refractivity contribution in [1.82, 2.24) is 0 Å². The molecule has 0 saturated heterocycles. The van der Waals surface area contributed by atoms with Gasteiger partial charge >= 0.3 is 0 Å². The molecule has 0 atom stereocenters. The number of halogens is 1. The fourth-order valence-electron chi connectivity index (χ4n) is 2.25. The fraction of sp³-hybridized carbons (Fsp3) is 0.222. The van der Waals surface area contributed by atoms with E-state index in [2.05, 4.69) is 21.2 Å². The van der Waals surface area contributed by atoms with Crippen LogP contribution in [-0.4, -0.2) is 25.5 Å². The van der Waals surface area contributed by atoms with E-state index < -0.39 is 0 Å². The summed E-state index contributed by atoms with van der Waals surface area (Å²) < 4.78 is 6.01. The zero-order valence-electron chi connectivity index (χ0n) is 13.6. The van der Waals surface area contributed by atoms with Gasteiger partial charge in [0, 0.05) is 41.8 Å². The average Bonchev–Trinajstić information content (AvgIpc) is 2.55. The van der Waals surface area contributed by atoms with Gasteiger partial charge in [-0.2, -0.15) is 0 Å². The normalized spacial score (nSPS) is 10.1. The largest absolute Gasteiger partial charge is 0.497 e. The first kappa shape index (κ1) is 18.0. The van der Waals surface area contributed by atoms with Crippen LogP contribution in [0.4, 0.5) is 11.4 Å². The summed E-state index contributed by atoms with van der Waals surface area (Å²) in [7, 11) is 1.57. The monoisotopic (exact) mass is 390 g/mol. The van der Waals surface area contributed by atoms with Gasteiger partial charge in [0.15, 0.2) is 0 Å². The Labute approximate surface area is 149 Å². The Balaban J connectivity index is 1.98. The highest BCUT2D eigenvalue weighted by atomic mass is 79.9. The zero-order chi connectivity index (χ0) is 17.5. The minimum atomic E-state index is -0.163. The van der Waals surface area contributed by atoms with Crippen molar-refractivity contribution in [2.75, 3.05) is 23.9 Å². The van der Waals surface area contributed by atoms with E-state index in [0.717, 1.165) is 10.2 Å². The number of anilines is 2. The third kappa shape index (κ3) is 5.09. The van der Waals surface area contributed by atoms with Crippen LogP contribution in [0.2, 0.25) is 0 Å². The highest BCUT2D eigenvalue weighted by molar-refractivity contribution is 9.10. The van der Waals surface area contributed by atoms with Crippen LogP contribution in [0.15, 0.2) is 53.0 Å².